The van der Waals surface area contributed by atoms with E-state index in [-0.39, 0.29) is 17.6 Å². The number of benzene rings is 1. The van der Waals surface area contributed by atoms with E-state index >= 15 is 0 Å². The molecule has 0 saturated carbocycles. The summed E-state index contributed by atoms with van der Waals surface area (Å²) >= 11 is 0. The molecule has 0 N–H and O–H groups in total. The van der Waals surface area contributed by atoms with Gasteiger partial charge < -0.3 is 18.9 Å². The highest BCUT2D eigenvalue weighted by Crippen LogP contribution is 2.36. The normalized spacial score (nSPS) is 23.2. The van der Waals surface area contributed by atoms with Gasteiger partial charge in [-0.1, -0.05) is 18.2 Å². The van der Waals surface area contributed by atoms with Crippen LogP contribution >= 0.6 is 0 Å². The number of carbonyl (C=O) groups excluding carboxylic acids is 1. The number of para-hydroxylation sites is 1. The Hall–Kier alpha value is -1.85. The van der Waals surface area contributed by atoms with Crippen molar-refractivity contribution in [1.29, 1.82) is 0 Å². The smallest absolute Gasteiger partial charge is 0.256 e. The average Bonchev–Trinajstić information content (AvgIpc) is 2.89. The van der Waals surface area contributed by atoms with Crippen LogP contribution in [0, 0.1) is 0 Å². The predicted molar refractivity (Wildman–Crippen MR) is 87.5 cm³/mol. The van der Waals surface area contributed by atoms with Crippen LogP contribution in [0.3, 0.4) is 0 Å². The Morgan fingerprint density at radius 1 is 1.35 bits per heavy atom. The molecule has 23 heavy (non-hydrogen) atoms. The van der Waals surface area contributed by atoms with Crippen molar-refractivity contribution >= 4 is 16.8 Å². The number of rotatable bonds is 2. The number of hydrogen-bond donors (Lipinski definition) is 0. The molecule has 0 bridgehead atoms. The van der Waals surface area contributed by atoms with Crippen LogP contribution < -0.4 is 0 Å². The topological polar surface area (TPSA) is 43.7 Å². The minimum atomic E-state index is -0.195. The molecule has 5 heteroatoms. The van der Waals surface area contributed by atoms with Gasteiger partial charge in [0.05, 0.1) is 24.8 Å². The molecule has 122 valence electrons. The van der Waals surface area contributed by atoms with Crippen molar-refractivity contribution in [3.63, 3.8) is 0 Å². The molecular formula is C18H22N2O3. The Labute approximate surface area is 135 Å². The zero-order chi connectivity index (χ0) is 16.0. The maximum Gasteiger partial charge on any atom is 0.256 e. The van der Waals surface area contributed by atoms with E-state index in [4.69, 9.17) is 9.47 Å². The standard InChI is InChI=1S/C18H22N2O3/c1-19-10-15(14-5-3-4-6-16(14)19)17(21)20-11-18(12-20)9-13(22-2)7-8-23-18/h3-6,10,13H,7-9,11-12H2,1-2H3. The summed E-state index contributed by atoms with van der Waals surface area (Å²) in [6.07, 6.45) is 3.99. The lowest BCUT2D eigenvalue weighted by atomic mass is 9.84. The molecule has 2 saturated heterocycles. The van der Waals surface area contributed by atoms with Gasteiger partial charge in [0.15, 0.2) is 0 Å². The maximum atomic E-state index is 12.9. The highest BCUT2D eigenvalue weighted by atomic mass is 16.5. The monoisotopic (exact) mass is 314 g/mol. The fourth-order valence-electron chi connectivity index (χ4n) is 3.88. The highest BCUT2D eigenvalue weighted by Gasteiger charge is 2.49. The van der Waals surface area contributed by atoms with Gasteiger partial charge in [-0.2, -0.15) is 0 Å². The Morgan fingerprint density at radius 3 is 2.91 bits per heavy atom. The number of likely N-dealkylation sites (tertiary alicyclic amines) is 1. The van der Waals surface area contributed by atoms with E-state index in [0.717, 1.165) is 35.9 Å². The van der Waals surface area contributed by atoms with E-state index in [1.807, 2.05) is 47.0 Å². The van der Waals surface area contributed by atoms with Gasteiger partial charge in [-0.05, 0) is 12.5 Å². The number of fused-ring (bicyclic) bond motifs is 1. The van der Waals surface area contributed by atoms with E-state index in [1.165, 1.54) is 0 Å². The number of carbonyl (C=O) groups is 1. The molecule has 0 aliphatic carbocycles. The molecule has 3 heterocycles. The van der Waals surface area contributed by atoms with Gasteiger partial charge in [0, 0.05) is 44.3 Å². The molecule has 5 nitrogen and oxygen atoms in total. The summed E-state index contributed by atoms with van der Waals surface area (Å²) in [4.78, 5) is 14.7. The van der Waals surface area contributed by atoms with Crippen molar-refractivity contribution in [2.24, 2.45) is 7.05 Å². The summed E-state index contributed by atoms with van der Waals surface area (Å²) in [6, 6.07) is 8.02. The zero-order valence-corrected chi connectivity index (χ0v) is 13.6. The summed E-state index contributed by atoms with van der Waals surface area (Å²) in [5.74, 6) is 0.0931. The van der Waals surface area contributed by atoms with Gasteiger partial charge >= 0.3 is 0 Å². The summed E-state index contributed by atoms with van der Waals surface area (Å²) in [5.41, 5.74) is 1.66. The first kappa shape index (κ1) is 14.7. The molecule has 2 fully saturated rings. The first-order chi connectivity index (χ1) is 11.1. The zero-order valence-electron chi connectivity index (χ0n) is 13.6. The molecule has 1 atom stereocenters. The Kier molecular flexibility index (Phi) is 3.43. The number of aromatic nitrogens is 1. The van der Waals surface area contributed by atoms with Crippen molar-refractivity contribution in [3.8, 4) is 0 Å². The molecule has 1 amide bonds. The van der Waals surface area contributed by atoms with Gasteiger partial charge in [0.1, 0.15) is 5.60 Å². The largest absolute Gasteiger partial charge is 0.381 e. The number of nitrogens with zero attached hydrogens (tertiary/aromatic N) is 2. The lowest BCUT2D eigenvalue weighted by molar-refractivity contribution is -0.181. The van der Waals surface area contributed by atoms with Crippen LogP contribution in [0.25, 0.3) is 10.9 Å². The van der Waals surface area contributed by atoms with Crippen molar-refractivity contribution in [3.05, 3.63) is 36.0 Å². The molecule has 1 aromatic carbocycles. The number of methoxy groups -OCH3 is 1. The van der Waals surface area contributed by atoms with Gasteiger partial charge in [0.2, 0.25) is 0 Å². The molecule has 0 radical (unpaired) electrons. The van der Waals surface area contributed by atoms with E-state index in [1.54, 1.807) is 7.11 Å². The van der Waals surface area contributed by atoms with Gasteiger partial charge in [-0.25, -0.2) is 0 Å². The fraction of sp³-hybridized carbons (Fsp3) is 0.500. The van der Waals surface area contributed by atoms with Gasteiger partial charge in [-0.15, -0.1) is 0 Å². The third kappa shape index (κ3) is 2.35. The summed E-state index contributed by atoms with van der Waals surface area (Å²) < 4.78 is 13.5. The van der Waals surface area contributed by atoms with Crippen LogP contribution in [0.5, 0.6) is 0 Å². The molecule has 2 aromatic rings. The van der Waals surface area contributed by atoms with Crippen molar-refractivity contribution in [1.82, 2.24) is 9.47 Å². The highest BCUT2D eigenvalue weighted by molar-refractivity contribution is 6.07. The van der Waals surface area contributed by atoms with Crippen molar-refractivity contribution < 1.29 is 14.3 Å². The maximum absolute atomic E-state index is 12.9. The van der Waals surface area contributed by atoms with Crippen LogP contribution in [0.2, 0.25) is 0 Å². The molecule has 1 spiro atoms. The van der Waals surface area contributed by atoms with Gasteiger partial charge in [-0.3, -0.25) is 4.79 Å². The molecule has 1 unspecified atom stereocenters. The fourth-order valence-corrected chi connectivity index (χ4v) is 3.88. The first-order valence-corrected chi connectivity index (χ1v) is 8.12. The first-order valence-electron chi connectivity index (χ1n) is 8.12. The Morgan fingerprint density at radius 2 is 2.13 bits per heavy atom. The van der Waals surface area contributed by atoms with Crippen molar-refractivity contribution in [2.75, 3.05) is 26.8 Å². The summed E-state index contributed by atoms with van der Waals surface area (Å²) in [6.45, 7) is 2.04. The Balaban J connectivity index is 1.53. The van der Waals surface area contributed by atoms with E-state index in [0.29, 0.717) is 13.1 Å². The molecule has 1 aromatic heterocycles. The SMILES string of the molecule is COC1CCOC2(C1)CN(C(=O)c1cn(C)c3ccccc13)C2. The lowest BCUT2D eigenvalue weighted by Gasteiger charge is -2.52. The van der Waals surface area contributed by atoms with Gasteiger partial charge in [0.25, 0.3) is 5.91 Å². The van der Waals surface area contributed by atoms with E-state index < -0.39 is 0 Å². The summed E-state index contributed by atoms with van der Waals surface area (Å²) in [5, 5.41) is 1.01. The van der Waals surface area contributed by atoms with E-state index in [2.05, 4.69) is 0 Å². The molecule has 4 rings (SSSR count). The molecular weight excluding hydrogens is 292 g/mol. The van der Waals surface area contributed by atoms with E-state index in [9.17, 15) is 4.79 Å². The molecule has 2 aliphatic rings. The predicted octanol–water partition coefficient (Wildman–Crippen LogP) is 2.20. The second-order valence-corrected chi connectivity index (χ2v) is 6.71. The Bertz CT molecular complexity index is 746. The van der Waals surface area contributed by atoms with Crippen LogP contribution in [-0.2, 0) is 16.5 Å². The van der Waals surface area contributed by atoms with Crippen LogP contribution in [0.1, 0.15) is 23.2 Å². The minimum Gasteiger partial charge on any atom is -0.381 e. The summed E-state index contributed by atoms with van der Waals surface area (Å²) in [7, 11) is 3.73. The van der Waals surface area contributed by atoms with Crippen molar-refractivity contribution in [2.45, 2.75) is 24.5 Å². The average molecular weight is 314 g/mol. The number of amides is 1. The quantitative estimate of drug-likeness (QED) is 0.853. The number of aryl methyl sites for hydroxylation is 1. The third-order valence-corrected chi connectivity index (χ3v) is 5.15. The lowest BCUT2D eigenvalue weighted by Crippen LogP contribution is -2.67. The molecule has 2 aliphatic heterocycles. The van der Waals surface area contributed by atoms with Crippen LogP contribution in [-0.4, -0.2) is 53.9 Å². The van der Waals surface area contributed by atoms with Crippen LogP contribution in [0.4, 0.5) is 0 Å². The second-order valence-electron chi connectivity index (χ2n) is 6.71. The second kappa shape index (κ2) is 5.35. The van der Waals surface area contributed by atoms with Crippen LogP contribution in [0.15, 0.2) is 30.5 Å². The third-order valence-electron chi connectivity index (χ3n) is 5.15. The minimum absolute atomic E-state index is 0.0931. The number of hydrogen-bond acceptors (Lipinski definition) is 3. The number of ether oxygens (including phenoxy) is 2.